The molecular weight excluding hydrogens is 526 g/mol. The maximum absolute atomic E-state index is 14.1. The van der Waals surface area contributed by atoms with E-state index in [4.69, 9.17) is 0 Å². The Bertz CT molecular complexity index is 1260. The van der Waals surface area contributed by atoms with Crippen molar-refractivity contribution < 1.29 is 34.2 Å². The van der Waals surface area contributed by atoms with Crippen molar-refractivity contribution in [2.24, 2.45) is 35.5 Å². The number of phenols is 1. The molecule has 0 spiro atoms. The molecule has 0 heterocycles. The quantitative estimate of drug-likeness (QED) is 0.394. The first-order valence-electron chi connectivity index (χ1n) is 14.5. The molecule has 3 N–H and O–H groups in total. The average Bonchev–Trinajstić information content (AvgIpc) is 2.86. The summed E-state index contributed by atoms with van der Waals surface area (Å²) >= 11 is 0. The lowest BCUT2D eigenvalue weighted by Crippen LogP contribution is -2.74. The fourth-order valence-corrected chi connectivity index (χ4v) is 7.42. The SMILES string of the molecule is CNC(=O)C1C(=O)C(N(C)C)[C@@H]2C[C@@H]3Cc4c(CN(CC(C)C)CC(C)C)ccc(O)c4C(=O)C3C(=O)[C@]2(O)C1=O. The highest BCUT2D eigenvalue weighted by Crippen LogP contribution is 2.51. The summed E-state index contributed by atoms with van der Waals surface area (Å²) < 4.78 is 0. The molecule has 10 heteroatoms. The van der Waals surface area contributed by atoms with Gasteiger partial charge in [-0.15, -0.1) is 0 Å². The maximum atomic E-state index is 14.1. The minimum Gasteiger partial charge on any atom is -0.507 e. The number of aromatic hydroxyl groups is 1. The van der Waals surface area contributed by atoms with Gasteiger partial charge in [0.1, 0.15) is 5.75 Å². The Morgan fingerprint density at radius 2 is 1.66 bits per heavy atom. The second-order valence-corrected chi connectivity index (χ2v) is 13.1. The van der Waals surface area contributed by atoms with Crippen LogP contribution in [0.15, 0.2) is 12.1 Å². The number of amides is 1. The van der Waals surface area contributed by atoms with Crippen molar-refractivity contribution in [2.75, 3.05) is 34.2 Å². The number of nitrogens with one attached hydrogen (secondary N) is 1. The summed E-state index contributed by atoms with van der Waals surface area (Å²) in [7, 11) is 4.48. The zero-order chi connectivity index (χ0) is 30.5. The summed E-state index contributed by atoms with van der Waals surface area (Å²) in [6, 6.07) is 2.21. The van der Waals surface area contributed by atoms with E-state index in [-0.39, 0.29) is 24.2 Å². The van der Waals surface area contributed by atoms with Crippen LogP contribution in [0.5, 0.6) is 5.75 Å². The summed E-state index contributed by atoms with van der Waals surface area (Å²) in [5.74, 6) is -8.66. The van der Waals surface area contributed by atoms with Gasteiger partial charge in [0.05, 0.1) is 17.5 Å². The van der Waals surface area contributed by atoms with E-state index in [2.05, 4.69) is 37.9 Å². The van der Waals surface area contributed by atoms with Gasteiger partial charge in [-0.1, -0.05) is 33.8 Å². The van der Waals surface area contributed by atoms with Crippen LogP contribution in [0.25, 0.3) is 0 Å². The van der Waals surface area contributed by atoms with Gasteiger partial charge in [-0.2, -0.15) is 0 Å². The molecule has 0 aromatic heterocycles. The lowest BCUT2D eigenvalue weighted by atomic mass is 9.52. The fraction of sp³-hybridized carbons (Fsp3) is 0.645. The predicted molar refractivity (Wildman–Crippen MR) is 151 cm³/mol. The topological polar surface area (TPSA) is 144 Å². The number of hydrogen-bond acceptors (Lipinski definition) is 9. The third kappa shape index (κ3) is 5.15. The summed E-state index contributed by atoms with van der Waals surface area (Å²) in [5, 5.41) is 24.9. The van der Waals surface area contributed by atoms with Crippen molar-refractivity contribution >= 4 is 29.0 Å². The minimum atomic E-state index is -2.67. The molecule has 6 atom stereocenters. The number of nitrogens with zero attached hydrogens (tertiary/aromatic N) is 2. The van der Waals surface area contributed by atoms with Crippen LogP contribution in [-0.2, 0) is 32.1 Å². The molecule has 0 bridgehead atoms. The molecule has 1 aromatic rings. The number of carbonyl (C=O) groups is 5. The molecule has 2 fully saturated rings. The fourth-order valence-electron chi connectivity index (χ4n) is 7.42. The molecule has 0 saturated heterocycles. The normalized spacial score (nSPS) is 29.7. The molecule has 4 rings (SSSR count). The number of ketones is 4. The Morgan fingerprint density at radius 3 is 2.20 bits per heavy atom. The first kappa shape index (κ1) is 31.0. The smallest absolute Gasteiger partial charge is 0.238 e. The third-order valence-electron chi connectivity index (χ3n) is 8.91. The Balaban J connectivity index is 1.79. The molecule has 2 saturated carbocycles. The molecule has 3 aliphatic rings. The second kappa shape index (κ2) is 11.4. The number of rotatable bonds is 8. The lowest BCUT2D eigenvalue weighted by molar-refractivity contribution is -0.181. The summed E-state index contributed by atoms with van der Waals surface area (Å²) in [5.41, 5.74) is -1.06. The molecule has 10 nitrogen and oxygen atoms in total. The van der Waals surface area contributed by atoms with Gasteiger partial charge in [0.2, 0.25) is 5.91 Å². The van der Waals surface area contributed by atoms with Crippen LogP contribution >= 0.6 is 0 Å². The second-order valence-electron chi connectivity index (χ2n) is 13.1. The first-order chi connectivity index (χ1) is 19.1. The van der Waals surface area contributed by atoms with E-state index in [1.807, 2.05) is 6.07 Å². The van der Waals surface area contributed by atoms with Gasteiger partial charge in [-0.05, 0) is 61.9 Å². The molecule has 41 heavy (non-hydrogen) atoms. The van der Waals surface area contributed by atoms with Crippen molar-refractivity contribution in [3.8, 4) is 5.75 Å². The summed E-state index contributed by atoms with van der Waals surface area (Å²) in [4.78, 5) is 71.5. The molecule has 0 radical (unpaired) electrons. The van der Waals surface area contributed by atoms with Crippen molar-refractivity contribution in [3.63, 3.8) is 0 Å². The van der Waals surface area contributed by atoms with Gasteiger partial charge in [-0.25, -0.2) is 0 Å². The predicted octanol–water partition coefficient (Wildman–Crippen LogP) is 1.24. The third-order valence-corrected chi connectivity index (χ3v) is 8.91. The van der Waals surface area contributed by atoms with Crippen molar-refractivity contribution in [2.45, 2.75) is 58.7 Å². The molecule has 3 aliphatic carbocycles. The van der Waals surface area contributed by atoms with E-state index in [9.17, 15) is 34.2 Å². The largest absolute Gasteiger partial charge is 0.507 e. The zero-order valence-corrected chi connectivity index (χ0v) is 25.1. The molecule has 3 unspecified atom stereocenters. The van der Waals surface area contributed by atoms with E-state index < -0.39 is 64.4 Å². The Hall–Kier alpha value is -2.95. The Kier molecular flexibility index (Phi) is 8.60. The van der Waals surface area contributed by atoms with E-state index >= 15 is 0 Å². The van der Waals surface area contributed by atoms with Gasteiger partial charge in [-0.3, -0.25) is 33.8 Å². The number of carbonyl (C=O) groups excluding carboxylic acids is 5. The van der Waals surface area contributed by atoms with Crippen LogP contribution < -0.4 is 5.32 Å². The molecule has 0 aliphatic heterocycles. The molecule has 1 amide bonds. The number of likely N-dealkylation sites (N-methyl/N-ethyl adjacent to an activating group) is 1. The highest BCUT2D eigenvalue weighted by atomic mass is 16.3. The first-order valence-corrected chi connectivity index (χ1v) is 14.5. The van der Waals surface area contributed by atoms with Gasteiger partial charge in [0, 0.05) is 32.6 Å². The number of aliphatic hydroxyl groups is 1. The average molecular weight is 570 g/mol. The van der Waals surface area contributed by atoms with E-state index in [1.165, 1.54) is 18.0 Å². The van der Waals surface area contributed by atoms with Crippen LogP contribution in [0.1, 0.15) is 55.6 Å². The zero-order valence-electron chi connectivity index (χ0n) is 25.1. The van der Waals surface area contributed by atoms with E-state index in [0.717, 1.165) is 18.7 Å². The van der Waals surface area contributed by atoms with Crippen LogP contribution in [0.3, 0.4) is 0 Å². The van der Waals surface area contributed by atoms with Gasteiger partial charge < -0.3 is 15.5 Å². The van der Waals surface area contributed by atoms with Gasteiger partial charge in [0.15, 0.2) is 34.7 Å². The number of fused-ring (bicyclic) bond motifs is 3. The molecular formula is C31H43N3O7. The minimum absolute atomic E-state index is 0.0551. The van der Waals surface area contributed by atoms with Gasteiger partial charge >= 0.3 is 0 Å². The number of benzene rings is 1. The van der Waals surface area contributed by atoms with E-state index in [1.54, 1.807) is 14.1 Å². The lowest BCUT2D eigenvalue weighted by Gasteiger charge is -2.52. The summed E-state index contributed by atoms with van der Waals surface area (Å²) in [6.45, 7) is 10.8. The maximum Gasteiger partial charge on any atom is 0.238 e. The van der Waals surface area contributed by atoms with E-state index in [0.29, 0.717) is 23.9 Å². The van der Waals surface area contributed by atoms with Crippen LogP contribution in [-0.4, -0.2) is 94.9 Å². The van der Waals surface area contributed by atoms with Crippen LogP contribution in [0.4, 0.5) is 0 Å². The van der Waals surface area contributed by atoms with Crippen molar-refractivity contribution in [3.05, 3.63) is 28.8 Å². The monoisotopic (exact) mass is 569 g/mol. The number of Topliss-reactive ketones (excluding diaryl/α,β-unsaturated/α-hetero) is 4. The standard InChI is InChI=1S/C31H43N3O7/c1-15(2)12-34(13-16(3)4)14-17-8-9-21(35)23-19(17)10-18-11-20-25(33(6)7)27(37)24(30(40)32-5)29(39)31(20,41)28(38)22(18)26(23)36/h8-9,15-16,18,20,22,24-25,35,41H,10-14H2,1-7H3,(H,32,40)/t18-,20-,22?,24?,25?,31-/m0/s1. The van der Waals surface area contributed by atoms with Gasteiger partial charge in [0.25, 0.3) is 0 Å². The van der Waals surface area contributed by atoms with Crippen LogP contribution in [0.2, 0.25) is 0 Å². The number of hydrogen-bond donors (Lipinski definition) is 3. The Labute approximate surface area is 241 Å². The highest BCUT2D eigenvalue weighted by molar-refractivity contribution is 6.32. The highest BCUT2D eigenvalue weighted by Gasteiger charge is 2.69. The molecule has 1 aromatic carbocycles. The molecule has 224 valence electrons. The number of phenolic OH excluding ortho intramolecular Hbond substituents is 1. The van der Waals surface area contributed by atoms with Crippen LogP contribution in [0, 0.1) is 35.5 Å². The summed E-state index contributed by atoms with van der Waals surface area (Å²) in [6.07, 6.45) is 0.349. The van der Waals surface area contributed by atoms with Crippen molar-refractivity contribution in [1.29, 1.82) is 0 Å². The van der Waals surface area contributed by atoms with Crippen molar-refractivity contribution in [1.82, 2.24) is 15.1 Å². The Morgan fingerprint density at radius 1 is 1.05 bits per heavy atom.